The van der Waals surface area contributed by atoms with Gasteiger partial charge in [0.25, 0.3) is 0 Å². The van der Waals surface area contributed by atoms with Crippen LogP contribution in [0.4, 0.5) is 0 Å². The Balaban J connectivity index is 0.000000204. The molecular formula is C25H35NS. The molecule has 146 valence electrons. The number of rotatable bonds is 3. The normalized spacial score (nSPS) is 12.4. The molecule has 0 spiro atoms. The highest BCUT2D eigenvalue weighted by atomic mass is 32.1. The van der Waals surface area contributed by atoms with Crippen LogP contribution in [-0.4, -0.2) is 4.98 Å². The van der Waals surface area contributed by atoms with Crippen molar-refractivity contribution >= 4 is 12.6 Å². The van der Waals surface area contributed by atoms with Gasteiger partial charge in [-0.15, -0.1) is 12.6 Å². The van der Waals surface area contributed by atoms with E-state index in [1.54, 1.807) is 5.57 Å². The Kier molecular flexibility index (Phi) is 10.8. The van der Waals surface area contributed by atoms with E-state index in [1.165, 1.54) is 12.0 Å². The second-order valence-corrected chi connectivity index (χ2v) is 8.13. The van der Waals surface area contributed by atoms with Crippen LogP contribution in [0.3, 0.4) is 0 Å². The fraction of sp³-hybridized carbons (Fsp3) is 0.400. The summed E-state index contributed by atoms with van der Waals surface area (Å²) < 4.78 is 0. The van der Waals surface area contributed by atoms with Crippen LogP contribution in [0.25, 0.3) is 0 Å². The lowest BCUT2D eigenvalue weighted by Crippen LogP contribution is -1.88. The van der Waals surface area contributed by atoms with Gasteiger partial charge in [-0.1, -0.05) is 89.6 Å². The van der Waals surface area contributed by atoms with Crippen molar-refractivity contribution in [3.8, 4) is 0 Å². The molecule has 2 heteroatoms. The third kappa shape index (κ3) is 9.10. The molecule has 0 saturated carbocycles. The summed E-state index contributed by atoms with van der Waals surface area (Å²) in [6.07, 6.45) is 9.56. The van der Waals surface area contributed by atoms with E-state index in [-0.39, 0.29) is 0 Å². The van der Waals surface area contributed by atoms with Crippen molar-refractivity contribution in [1.82, 2.24) is 4.98 Å². The molecule has 1 aliphatic rings. The lowest BCUT2D eigenvalue weighted by Gasteiger charge is -2.06. The average Bonchev–Trinajstić information content (AvgIpc) is 3.19. The van der Waals surface area contributed by atoms with Crippen LogP contribution in [0.2, 0.25) is 0 Å². The summed E-state index contributed by atoms with van der Waals surface area (Å²) in [6.45, 7) is 13.1. The van der Waals surface area contributed by atoms with Crippen LogP contribution in [0.5, 0.6) is 0 Å². The Hall–Kier alpha value is -1.80. The molecule has 0 amide bonds. The molecule has 0 fully saturated rings. The number of pyridine rings is 1. The van der Waals surface area contributed by atoms with E-state index in [0.717, 1.165) is 16.5 Å². The summed E-state index contributed by atoms with van der Waals surface area (Å²) in [5.74, 6) is 1.87. The van der Waals surface area contributed by atoms with E-state index in [9.17, 15) is 0 Å². The molecule has 0 atom stereocenters. The van der Waals surface area contributed by atoms with Crippen molar-refractivity contribution in [2.24, 2.45) is 5.92 Å². The SMILES string of the molecule is CC(C)C1=CC=CC1.CC(C)c1ccccc1S.CC(C)c1ccccn1. The van der Waals surface area contributed by atoms with Crippen LogP contribution in [-0.2, 0) is 0 Å². The number of aromatic nitrogens is 1. The van der Waals surface area contributed by atoms with E-state index in [1.807, 2.05) is 36.5 Å². The van der Waals surface area contributed by atoms with Crippen molar-refractivity contribution in [3.05, 3.63) is 83.7 Å². The lowest BCUT2D eigenvalue weighted by molar-refractivity contribution is 0.753. The van der Waals surface area contributed by atoms with Crippen LogP contribution >= 0.6 is 12.6 Å². The first-order chi connectivity index (χ1) is 12.8. The summed E-state index contributed by atoms with van der Waals surface area (Å²) in [7, 11) is 0. The number of allylic oxidation sites excluding steroid dienone is 4. The highest BCUT2D eigenvalue weighted by molar-refractivity contribution is 7.80. The first-order valence-electron chi connectivity index (χ1n) is 9.87. The maximum Gasteiger partial charge on any atom is 0.0428 e. The molecule has 0 aliphatic heterocycles. The predicted octanol–water partition coefficient (Wildman–Crippen LogP) is 7.83. The molecule has 0 radical (unpaired) electrons. The van der Waals surface area contributed by atoms with Gasteiger partial charge in [-0.2, -0.15) is 0 Å². The van der Waals surface area contributed by atoms with Crippen LogP contribution in [0.15, 0.2) is 77.4 Å². The first kappa shape index (κ1) is 23.2. The highest BCUT2D eigenvalue weighted by Gasteiger charge is 2.02. The van der Waals surface area contributed by atoms with Crippen molar-refractivity contribution < 1.29 is 0 Å². The number of hydrogen-bond acceptors (Lipinski definition) is 2. The standard InChI is InChI=1S/C9H12S.C8H11N.C8H12/c1-7(2)8-5-3-4-6-9(8)10;1-7(2)8-5-3-4-6-9-8;1-7(2)8-5-3-4-6-8/h3-7,10H,1-2H3;3-7H,1-2H3;3-5,7H,6H2,1-2H3. The molecule has 1 aromatic heterocycles. The van der Waals surface area contributed by atoms with Gasteiger partial charge < -0.3 is 0 Å². The summed E-state index contributed by atoms with van der Waals surface area (Å²) in [5, 5.41) is 0. The quantitative estimate of drug-likeness (QED) is 0.534. The second kappa shape index (κ2) is 12.6. The van der Waals surface area contributed by atoms with Crippen LogP contribution in [0, 0.1) is 5.92 Å². The van der Waals surface area contributed by atoms with Crippen LogP contribution < -0.4 is 0 Å². The van der Waals surface area contributed by atoms with Gasteiger partial charge in [-0.05, 0) is 47.9 Å². The van der Waals surface area contributed by atoms with Gasteiger partial charge >= 0.3 is 0 Å². The molecule has 0 saturated heterocycles. The van der Waals surface area contributed by atoms with E-state index in [0.29, 0.717) is 11.8 Å². The van der Waals surface area contributed by atoms with Gasteiger partial charge in [0.05, 0.1) is 0 Å². The van der Waals surface area contributed by atoms with Crippen molar-refractivity contribution in [1.29, 1.82) is 0 Å². The minimum atomic E-state index is 0.547. The molecule has 3 rings (SSSR count). The predicted molar refractivity (Wildman–Crippen MR) is 123 cm³/mol. The lowest BCUT2D eigenvalue weighted by atomic mass is 10.0. The molecule has 0 N–H and O–H groups in total. The Morgan fingerprint density at radius 2 is 1.48 bits per heavy atom. The number of nitrogens with zero attached hydrogens (tertiary/aromatic N) is 1. The van der Waals surface area contributed by atoms with Gasteiger partial charge in [-0.3, -0.25) is 4.98 Å². The van der Waals surface area contributed by atoms with Gasteiger partial charge in [0, 0.05) is 16.8 Å². The van der Waals surface area contributed by atoms with E-state index >= 15 is 0 Å². The first-order valence-corrected chi connectivity index (χ1v) is 10.3. The Bertz CT molecular complexity index is 712. The fourth-order valence-electron chi connectivity index (χ4n) is 2.59. The van der Waals surface area contributed by atoms with Gasteiger partial charge in [0.2, 0.25) is 0 Å². The molecule has 0 bridgehead atoms. The van der Waals surface area contributed by atoms with Crippen molar-refractivity contribution in [2.45, 2.75) is 64.7 Å². The van der Waals surface area contributed by atoms with Gasteiger partial charge in [0.1, 0.15) is 0 Å². The summed E-state index contributed by atoms with van der Waals surface area (Å²) in [6, 6.07) is 14.2. The molecule has 1 heterocycles. The average molecular weight is 382 g/mol. The maximum atomic E-state index is 4.34. The Morgan fingerprint density at radius 3 is 1.81 bits per heavy atom. The number of thiol groups is 1. The van der Waals surface area contributed by atoms with Crippen molar-refractivity contribution in [3.63, 3.8) is 0 Å². The smallest absolute Gasteiger partial charge is 0.0428 e. The zero-order valence-electron chi connectivity index (χ0n) is 17.7. The monoisotopic (exact) mass is 381 g/mol. The van der Waals surface area contributed by atoms with E-state index < -0.39 is 0 Å². The second-order valence-electron chi connectivity index (χ2n) is 7.65. The zero-order valence-corrected chi connectivity index (χ0v) is 18.6. The molecule has 1 nitrogen and oxygen atoms in total. The molecule has 1 aliphatic carbocycles. The maximum absolute atomic E-state index is 4.34. The minimum absolute atomic E-state index is 0.547. The molecular weight excluding hydrogens is 346 g/mol. The van der Waals surface area contributed by atoms with Crippen LogP contribution in [0.1, 0.15) is 71.1 Å². The van der Waals surface area contributed by atoms with Gasteiger partial charge in [-0.25, -0.2) is 0 Å². The Labute approximate surface area is 172 Å². The Morgan fingerprint density at radius 1 is 0.815 bits per heavy atom. The number of benzene rings is 1. The molecule has 2 aromatic rings. The third-order valence-corrected chi connectivity index (χ3v) is 4.79. The van der Waals surface area contributed by atoms with Crippen molar-refractivity contribution in [2.75, 3.05) is 0 Å². The highest BCUT2D eigenvalue weighted by Crippen LogP contribution is 2.21. The minimum Gasteiger partial charge on any atom is -0.261 e. The topological polar surface area (TPSA) is 12.9 Å². The summed E-state index contributed by atoms with van der Waals surface area (Å²) >= 11 is 4.34. The fourth-order valence-corrected chi connectivity index (χ4v) is 3.00. The third-order valence-electron chi connectivity index (χ3n) is 4.38. The summed E-state index contributed by atoms with van der Waals surface area (Å²) in [4.78, 5) is 5.27. The summed E-state index contributed by atoms with van der Waals surface area (Å²) in [5.41, 5.74) is 4.05. The van der Waals surface area contributed by atoms with E-state index in [4.69, 9.17) is 0 Å². The number of hydrogen-bond donors (Lipinski definition) is 1. The molecule has 27 heavy (non-hydrogen) atoms. The largest absolute Gasteiger partial charge is 0.261 e. The molecule has 0 unspecified atom stereocenters. The van der Waals surface area contributed by atoms with E-state index in [2.05, 4.69) is 89.5 Å². The molecule has 1 aromatic carbocycles. The van der Waals surface area contributed by atoms with Gasteiger partial charge in [0.15, 0.2) is 0 Å². The zero-order chi connectivity index (χ0) is 20.2.